The number of hydrogen-bond acceptors (Lipinski definition) is 7. The Balaban J connectivity index is 3.27. The molecule has 0 aliphatic carbocycles. The van der Waals surface area contributed by atoms with E-state index in [0.29, 0.717) is 5.82 Å². The second-order valence-electron chi connectivity index (χ2n) is 9.08. The molecule has 0 spiro atoms. The molecule has 1 aromatic rings. The number of aliphatic hydroxyl groups excluding tert-OH is 1. The lowest BCUT2D eigenvalue weighted by Gasteiger charge is -2.31. The van der Waals surface area contributed by atoms with E-state index >= 15 is 0 Å². The van der Waals surface area contributed by atoms with E-state index in [1.165, 1.54) is 5.48 Å². The molecule has 0 radical (unpaired) electrons. The van der Waals surface area contributed by atoms with Gasteiger partial charge in [0.05, 0.1) is 5.92 Å². The molecule has 1 rings (SSSR count). The van der Waals surface area contributed by atoms with Crippen molar-refractivity contribution in [1.29, 1.82) is 0 Å². The minimum atomic E-state index is -1.70. The van der Waals surface area contributed by atoms with Crippen LogP contribution in [0.5, 0.6) is 0 Å². The highest BCUT2D eigenvalue weighted by atomic mass is 16.5. The summed E-state index contributed by atoms with van der Waals surface area (Å²) in [6, 6.07) is -0.679. The summed E-state index contributed by atoms with van der Waals surface area (Å²) in [5.74, 6) is -2.05. The molecule has 2 amide bonds. The molecule has 9 heteroatoms. The molecule has 4 N–H and O–H groups in total. The zero-order chi connectivity index (χ0) is 24.5. The first kappa shape index (κ1) is 27.3. The van der Waals surface area contributed by atoms with Gasteiger partial charge < -0.3 is 14.9 Å². The molecule has 1 aromatic heterocycles. The number of hydroxylamine groups is 1. The molecule has 0 aliphatic rings. The van der Waals surface area contributed by atoms with Gasteiger partial charge in [0.1, 0.15) is 12.1 Å². The molecule has 0 saturated heterocycles. The van der Waals surface area contributed by atoms with Gasteiger partial charge >= 0.3 is 0 Å². The van der Waals surface area contributed by atoms with E-state index in [9.17, 15) is 14.7 Å². The number of hydrogen-bond donors (Lipinski definition) is 4. The Bertz CT molecular complexity index is 836. The monoisotopic (exact) mass is 448 g/mol. The van der Waals surface area contributed by atoms with Crippen LogP contribution in [0.3, 0.4) is 0 Å². The van der Waals surface area contributed by atoms with E-state index in [1.807, 2.05) is 53.7 Å². The number of nitrogens with zero attached hydrogens (tertiary/aromatic N) is 2. The molecule has 0 fully saturated rings. The highest BCUT2D eigenvalue weighted by Gasteiger charge is 2.38. The Hall–Kier alpha value is -2.78. The van der Waals surface area contributed by atoms with E-state index in [-0.39, 0.29) is 18.2 Å². The van der Waals surface area contributed by atoms with E-state index in [0.717, 1.165) is 12.0 Å². The number of nitrogens with one attached hydrogen (secondary N) is 2. The lowest BCUT2D eigenvalue weighted by atomic mass is 9.85. The van der Waals surface area contributed by atoms with E-state index < -0.39 is 35.3 Å². The van der Waals surface area contributed by atoms with Gasteiger partial charge in [0, 0.05) is 5.57 Å². The topological polar surface area (TPSA) is 138 Å². The molecule has 9 nitrogen and oxygen atoms in total. The van der Waals surface area contributed by atoms with Crippen molar-refractivity contribution in [2.75, 3.05) is 0 Å². The number of aromatic nitrogens is 2. The summed E-state index contributed by atoms with van der Waals surface area (Å²) in [6.45, 7) is 15.1. The highest BCUT2D eigenvalue weighted by molar-refractivity contribution is 5.88. The van der Waals surface area contributed by atoms with Gasteiger partial charge in [-0.05, 0) is 24.2 Å². The Morgan fingerprint density at radius 1 is 1.25 bits per heavy atom. The molecule has 0 saturated carbocycles. The van der Waals surface area contributed by atoms with E-state index in [2.05, 4.69) is 22.0 Å². The van der Waals surface area contributed by atoms with Crippen LogP contribution in [0.2, 0.25) is 0 Å². The SMILES string of the molecule is C=C/C=C\C(=C/CC)c1noc([C@@H](NC(=O)C(CC(C)C)C(O)C(=O)NO)C(C)(C)C)n1. The molecule has 1 heterocycles. The van der Waals surface area contributed by atoms with Crippen molar-refractivity contribution in [2.24, 2.45) is 17.3 Å². The first-order valence-electron chi connectivity index (χ1n) is 10.7. The van der Waals surface area contributed by atoms with Crippen molar-refractivity contribution in [1.82, 2.24) is 20.9 Å². The first-order chi connectivity index (χ1) is 15.0. The maximum Gasteiger partial charge on any atom is 0.272 e. The first-order valence-corrected chi connectivity index (χ1v) is 10.7. The van der Waals surface area contributed by atoms with Gasteiger partial charge in [-0.3, -0.25) is 14.8 Å². The Labute approximate surface area is 189 Å². The fraction of sp³-hybridized carbons (Fsp3) is 0.565. The number of carbonyl (C=O) groups is 2. The third-order valence-corrected chi connectivity index (χ3v) is 4.76. The maximum atomic E-state index is 13.1. The second kappa shape index (κ2) is 12.3. The molecule has 2 unspecified atom stereocenters. The quantitative estimate of drug-likeness (QED) is 0.231. The minimum absolute atomic E-state index is 0.0216. The molecule has 3 atom stereocenters. The summed E-state index contributed by atoms with van der Waals surface area (Å²) in [7, 11) is 0. The maximum absolute atomic E-state index is 13.1. The fourth-order valence-corrected chi connectivity index (χ4v) is 3.13. The molecular formula is C23H36N4O5. The van der Waals surface area contributed by atoms with Crippen molar-refractivity contribution in [3.63, 3.8) is 0 Å². The van der Waals surface area contributed by atoms with Gasteiger partial charge in [-0.1, -0.05) is 77.6 Å². The summed E-state index contributed by atoms with van der Waals surface area (Å²) in [5, 5.41) is 26.1. The average molecular weight is 449 g/mol. The van der Waals surface area contributed by atoms with E-state index in [4.69, 9.17) is 9.73 Å². The summed E-state index contributed by atoms with van der Waals surface area (Å²) in [5.41, 5.74) is 1.65. The van der Waals surface area contributed by atoms with Crippen LogP contribution in [0.1, 0.15) is 72.1 Å². The molecule has 0 aliphatic heterocycles. The third kappa shape index (κ3) is 7.72. The Morgan fingerprint density at radius 2 is 1.91 bits per heavy atom. The summed E-state index contributed by atoms with van der Waals surface area (Å²) >= 11 is 0. The molecule has 0 aromatic carbocycles. The molecule has 0 bridgehead atoms. The predicted octanol–water partition coefficient (Wildman–Crippen LogP) is 3.34. The minimum Gasteiger partial charge on any atom is -0.382 e. The molecule has 178 valence electrons. The van der Waals surface area contributed by atoms with Gasteiger partial charge in [0.15, 0.2) is 0 Å². The zero-order valence-corrected chi connectivity index (χ0v) is 19.8. The lowest BCUT2D eigenvalue weighted by molar-refractivity contribution is -0.147. The van der Waals surface area contributed by atoms with Crippen LogP contribution in [-0.2, 0) is 9.59 Å². The van der Waals surface area contributed by atoms with Gasteiger partial charge in [-0.25, -0.2) is 5.48 Å². The summed E-state index contributed by atoms with van der Waals surface area (Å²) in [4.78, 5) is 29.4. The van der Waals surface area contributed by atoms with Crippen LogP contribution in [0.4, 0.5) is 0 Å². The third-order valence-electron chi connectivity index (χ3n) is 4.76. The van der Waals surface area contributed by atoms with Crippen LogP contribution in [0, 0.1) is 17.3 Å². The van der Waals surface area contributed by atoms with Crippen molar-refractivity contribution in [3.05, 3.63) is 42.6 Å². The smallest absolute Gasteiger partial charge is 0.272 e. The van der Waals surface area contributed by atoms with Crippen molar-refractivity contribution in [2.45, 2.75) is 66.5 Å². The van der Waals surface area contributed by atoms with Gasteiger partial charge in [-0.15, -0.1) is 0 Å². The van der Waals surface area contributed by atoms with Crippen molar-refractivity contribution in [3.8, 4) is 0 Å². The zero-order valence-electron chi connectivity index (χ0n) is 19.8. The largest absolute Gasteiger partial charge is 0.382 e. The van der Waals surface area contributed by atoms with Crippen LogP contribution in [0.25, 0.3) is 5.57 Å². The van der Waals surface area contributed by atoms with Crippen molar-refractivity contribution < 1.29 is 24.4 Å². The van der Waals surface area contributed by atoms with Gasteiger partial charge in [0.25, 0.3) is 5.91 Å². The fourth-order valence-electron chi connectivity index (χ4n) is 3.13. The van der Waals surface area contributed by atoms with Crippen LogP contribution >= 0.6 is 0 Å². The van der Waals surface area contributed by atoms with Gasteiger partial charge in [-0.2, -0.15) is 4.98 Å². The van der Waals surface area contributed by atoms with Crippen LogP contribution < -0.4 is 10.8 Å². The average Bonchev–Trinajstić information content (AvgIpc) is 3.20. The molecular weight excluding hydrogens is 412 g/mol. The number of amides is 2. The normalized spacial score (nSPS) is 15.5. The highest BCUT2D eigenvalue weighted by Crippen LogP contribution is 2.33. The number of carbonyl (C=O) groups excluding carboxylic acids is 2. The van der Waals surface area contributed by atoms with E-state index in [1.54, 1.807) is 12.2 Å². The number of aliphatic hydroxyl groups is 1. The number of allylic oxidation sites excluding steroid dienone is 5. The van der Waals surface area contributed by atoms with Crippen LogP contribution in [-0.4, -0.2) is 38.4 Å². The van der Waals surface area contributed by atoms with Gasteiger partial charge in [0.2, 0.25) is 17.6 Å². The summed E-state index contributed by atoms with van der Waals surface area (Å²) in [6.07, 6.45) is 6.48. The van der Waals surface area contributed by atoms with Crippen molar-refractivity contribution >= 4 is 17.4 Å². The van der Waals surface area contributed by atoms with Crippen LogP contribution in [0.15, 0.2) is 35.4 Å². The predicted molar refractivity (Wildman–Crippen MR) is 121 cm³/mol. The number of rotatable bonds is 11. The summed E-state index contributed by atoms with van der Waals surface area (Å²) < 4.78 is 5.49. The Kier molecular flexibility index (Phi) is 10.5. The standard InChI is InChI=1S/C23H36N4O5/c1-8-10-12-15(11-9-2)19-25-22(32-27-19)18(23(5,6)7)24-20(29)16(13-14(3)4)17(28)21(30)26-31/h8,10-12,14,16-18,28,31H,1,9,13H2,2-7H3,(H,24,29)(H,26,30)/b12-10-,15-11+/t16?,17?,18-/m1/s1. The molecule has 32 heavy (non-hydrogen) atoms. The Morgan fingerprint density at radius 3 is 2.41 bits per heavy atom. The lowest BCUT2D eigenvalue weighted by Crippen LogP contribution is -2.48. The second-order valence-corrected chi connectivity index (χ2v) is 9.08.